The van der Waals surface area contributed by atoms with E-state index in [1.54, 1.807) is 6.92 Å². The first-order valence-electron chi connectivity index (χ1n) is 9.70. The Morgan fingerprint density at radius 2 is 1.71 bits per heavy atom. The summed E-state index contributed by atoms with van der Waals surface area (Å²) in [5.74, 6) is 1.95. The molecule has 4 aliphatic carbocycles. The number of fused-ring (bicyclic) bond motifs is 5. The summed E-state index contributed by atoms with van der Waals surface area (Å²) in [5.41, 5.74) is 0.0690. The molecule has 132 valence electrons. The highest BCUT2D eigenvalue weighted by Gasteiger charge is 2.63. The van der Waals surface area contributed by atoms with E-state index in [0.717, 1.165) is 38.5 Å². The summed E-state index contributed by atoms with van der Waals surface area (Å²) < 4.78 is 0. The first kappa shape index (κ1) is 16.5. The Morgan fingerprint density at radius 3 is 2.46 bits per heavy atom. The van der Waals surface area contributed by atoms with Crippen molar-refractivity contribution in [3.8, 4) is 0 Å². The van der Waals surface area contributed by atoms with Gasteiger partial charge >= 0.3 is 0 Å². The minimum atomic E-state index is -1.18. The highest BCUT2D eigenvalue weighted by atomic mass is 16.3. The molecule has 0 amide bonds. The van der Waals surface area contributed by atoms with Gasteiger partial charge in [-0.25, -0.2) is 0 Å². The third-order valence-electron chi connectivity index (χ3n) is 8.69. The molecule has 24 heavy (non-hydrogen) atoms. The van der Waals surface area contributed by atoms with Crippen LogP contribution in [0, 0.1) is 28.6 Å². The van der Waals surface area contributed by atoms with Crippen LogP contribution >= 0.6 is 0 Å². The number of hydrogen-bond donors (Lipinski definition) is 1. The van der Waals surface area contributed by atoms with E-state index in [1.807, 2.05) is 6.08 Å². The van der Waals surface area contributed by atoms with Gasteiger partial charge in [0.15, 0.2) is 11.6 Å². The lowest BCUT2D eigenvalue weighted by Gasteiger charge is -2.62. The number of hydrogen-bond acceptors (Lipinski definition) is 3. The van der Waals surface area contributed by atoms with Gasteiger partial charge < -0.3 is 5.11 Å². The lowest BCUT2D eigenvalue weighted by Crippen LogP contribution is -2.63. The molecule has 0 bridgehead atoms. The maximum Gasteiger partial charge on any atom is 0.164 e. The largest absolute Gasteiger partial charge is 0.382 e. The zero-order valence-electron chi connectivity index (χ0n) is 15.2. The molecule has 0 aromatic heterocycles. The van der Waals surface area contributed by atoms with E-state index in [1.165, 1.54) is 5.57 Å². The fraction of sp³-hybridized carbons (Fsp3) is 0.810. The lowest BCUT2D eigenvalue weighted by atomic mass is 9.42. The molecule has 0 aliphatic heterocycles. The Hall–Kier alpha value is -0.960. The van der Waals surface area contributed by atoms with E-state index >= 15 is 0 Å². The molecule has 4 aliphatic rings. The fourth-order valence-electron chi connectivity index (χ4n) is 6.86. The molecule has 4 rings (SSSR count). The minimum absolute atomic E-state index is 0.0329. The molecule has 1 N–H and O–H groups in total. The zero-order valence-corrected chi connectivity index (χ0v) is 15.2. The van der Waals surface area contributed by atoms with Crippen LogP contribution in [-0.2, 0) is 9.59 Å². The minimum Gasteiger partial charge on any atom is -0.382 e. The van der Waals surface area contributed by atoms with Crippen molar-refractivity contribution in [2.75, 3.05) is 0 Å². The summed E-state index contributed by atoms with van der Waals surface area (Å²) in [4.78, 5) is 24.2. The molecule has 3 fully saturated rings. The monoisotopic (exact) mass is 330 g/mol. The molecule has 0 aromatic carbocycles. The molecule has 0 unspecified atom stereocenters. The number of carbonyl (C=O) groups excluding carboxylic acids is 2. The van der Waals surface area contributed by atoms with Gasteiger partial charge in [-0.15, -0.1) is 0 Å². The average Bonchev–Trinajstić information content (AvgIpc) is 2.52. The molecule has 0 spiro atoms. The third kappa shape index (κ3) is 1.94. The van der Waals surface area contributed by atoms with Crippen LogP contribution in [0.3, 0.4) is 0 Å². The number of carbonyl (C=O) groups is 2. The third-order valence-corrected chi connectivity index (χ3v) is 8.69. The second kappa shape index (κ2) is 5.03. The van der Waals surface area contributed by atoms with Crippen molar-refractivity contribution in [3.05, 3.63) is 11.6 Å². The van der Waals surface area contributed by atoms with Crippen LogP contribution in [0.15, 0.2) is 11.6 Å². The van der Waals surface area contributed by atoms with Crippen molar-refractivity contribution in [3.63, 3.8) is 0 Å². The quantitative estimate of drug-likeness (QED) is 0.734. The molecule has 3 saturated carbocycles. The van der Waals surface area contributed by atoms with Crippen LogP contribution in [0.1, 0.15) is 72.1 Å². The second-order valence-electron chi connectivity index (χ2n) is 9.46. The van der Waals surface area contributed by atoms with E-state index in [0.29, 0.717) is 36.4 Å². The van der Waals surface area contributed by atoms with Gasteiger partial charge in [-0.2, -0.15) is 0 Å². The fourth-order valence-corrected chi connectivity index (χ4v) is 6.86. The van der Waals surface area contributed by atoms with Crippen LogP contribution in [0.2, 0.25) is 0 Å². The van der Waals surface area contributed by atoms with Crippen molar-refractivity contribution in [1.29, 1.82) is 0 Å². The van der Waals surface area contributed by atoms with Gasteiger partial charge in [0.05, 0.1) is 0 Å². The van der Waals surface area contributed by atoms with Gasteiger partial charge in [0.25, 0.3) is 0 Å². The molecule has 3 nitrogen and oxygen atoms in total. The van der Waals surface area contributed by atoms with Crippen LogP contribution in [0.5, 0.6) is 0 Å². The summed E-state index contributed by atoms with van der Waals surface area (Å²) >= 11 is 0. The lowest BCUT2D eigenvalue weighted by molar-refractivity contribution is -0.188. The number of ketones is 2. The van der Waals surface area contributed by atoms with Gasteiger partial charge in [0.1, 0.15) is 5.60 Å². The van der Waals surface area contributed by atoms with Crippen LogP contribution in [0.4, 0.5) is 0 Å². The van der Waals surface area contributed by atoms with E-state index in [2.05, 4.69) is 13.8 Å². The summed E-state index contributed by atoms with van der Waals surface area (Å²) in [6.07, 6.45) is 9.19. The van der Waals surface area contributed by atoms with Crippen molar-refractivity contribution < 1.29 is 14.7 Å². The normalized spacial score (nSPS) is 51.3. The number of Topliss-reactive ketones (excluding diaryl/α,β-unsaturated/α-hetero) is 1. The first-order valence-corrected chi connectivity index (χ1v) is 9.70. The van der Waals surface area contributed by atoms with Gasteiger partial charge in [-0.05, 0) is 74.7 Å². The van der Waals surface area contributed by atoms with Crippen molar-refractivity contribution >= 4 is 11.6 Å². The van der Waals surface area contributed by atoms with E-state index in [4.69, 9.17) is 0 Å². The Balaban J connectivity index is 1.71. The van der Waals surface area contributed by atoms with Crippen molar-refractivity contribution in [2.45, 2.75) is 77.7 Å². The van der Waals surface area contributed by atoms with E-state index in [-0.39, 0.29) is 16.6 Å². The number of aliphatic hydroxyl groups is 1. The Kier molecular flexibility index (Phi) is 3.46. The zero-order chi connectivity index (χ0) is 17.3. The topological polar surface area (TPSA) is 54.4 Å². The Labute approximate surface area is 144 Å². The van der Waals surface area contributed by atoms with Crippen LogP contribution < -0.4 is 0 Å². The highest BCUT2D eigenvalue weighted by molar-refractivity contribution is 5.91. The summed E-state index contributed by atoms with van der Waals surface area (Å²) in [6.45, 7) is 6.29. The van der Waals surface area contributed by atoms with Gasteiger partial charge in [0, 0.05) is 18.3 Å². The van der Waals surface area contributed by atoms with Gasteiger partial charge in [-0.1, -0.05) is 19.4 Å². The Morgan fingerprint density at radius 1 is 0.958 bits per heavy atom. The van der Waals surface area contributed by atoms with E-state index < -0.39 is 5.60 Å². The number of allylic oxidation sites excluding steroid dienone is 2. The Bertz CT molecular complexity index is 631. The molecule has 0 heterocycles. The van der Waals surface area contributed by atoms with Crippen molar-refractivity contribution in [2.24, 2.45) is 28.6 Å². The molecule has 6 atom stereocenters. The summed E-state index contributed by atoms with van der Waals surface area (Å²) in [5, 5.41) is 11.0. The van der Waals surface area contributed by atoms with Crippen molar-refractivity contribution in [1.82, 2.24) is 0 Å². The van der Waals surface area contributed by atoms with Crippen LogP contribution in [-0.4, -0.2) is 22.3 Å². The molecule has 3 heteroatoms. The predicted octanol–water partition coefficient (Wildman–Crippen LogP) is 3.84. The second-order valence-corrected chi connectivity index (χ2v) is 9.46. The van der Waals surface area contributed by atoms with Gasteiger partial charge in [0.2, 0.25) is 0 Å². The summed E-state index contributed by atoms with van der Waals surface area (Å²) in [7, 11) is 0. The first-order chi connectivity index (χ1) is 11.2. The molecular formula is C21H30O3. The smallest absolute Gasteiger partial charge is 0.164 e. The van der Waals surface area contributed by atoms with E-state index in [9.17, 15) is 14.7 Å². The maximum absolute atomic E-state index is 12.4. The maximum atomic E-state index is 12.4. The average molecular weight is 330 g/mol. The standard InChI is InChI=1S/C21H30O3/c1-19-10-8-14(22)12-13(19)4-5-15-16(19)9-11-20(2)17(15)6-7-18(23)21(20,3)24/h12,15-17,24H,4-11H2,1-3H3/t15-,16+,17+,19+,20+,21-/m1/s1. The molecule has 0 radical (unpaired) electrons. The molecular weight excluding hydrogens is 300 g/mol. The summed E-state index contributed by atoms with van der Waals surface area (Å²) in [6, 6.07) is 0. The molecule has 0 aromatic rings. The SMILES string of the molecule is C[C@]12CCC(=O)C=C1CC[C@@H]1[C@@H]2CC[C@@]2(C)[C@H]1CCC(=O)[C@@]2(C)O. The molecule has 0 saturated heterocycles. The predicted molar refractivity (Wildman–Crippen MR) is 92.3 cm³/mol. The highest BCUT2D eigenvalue weighted by Crippen LogP contribution is 2.65. The number of rotatable bonds is 0. The van der Waals surface area contributed by atoms with Gasteiger partial charge in [-0.3, -0.25) is 9.59 Å². The van der Waals surface area contributed by atoms with Crippen LogP contribution in [0.25, 0.3) is 0 Å².